The summed E-state index contributed by atoms with van der Waals surface area (Å²) in [5, 5.41) is 10.4. The Bertz CT molecular complexity index is 1750. The lowest BCUT2D eigenvalue weighted by Crippen LogP contribution is -2.30. The third kappa shape index (κ3) is 7.66. The van der Waals surface area contributed by atoms with E-state index in [0.29, 0.717) is 21.5 Å². The fourth-order valence-electron chi connectivity index (χ4n) is 3.93. The van der Waals surface area contributed by atoms with Crippen LogP contribution < -0.4 is 16.0 Å². The number of para-hydroxylation sites is 1. The minimum Gasteiger partial charge on any atom is -0.361 e. The number of carbonyl (C=O) groups is 3. The SMILES string of the molecule is CCSc1nsc(NC(=O)CSc2cccc(NC(=O)/C(=C/c3c[nH]c4ccccc34)NC(=O)c3ccccc3)c2)n1. The number of fused-ring (bicyclic) bond motifs is 1. The molecule has 0 aliphatic rings. The van der Waals surface area contributed by atoms with E-state index in [1.54, 1.807) is 54.7 Å². The van der Waals surface area contributed by atoms with Crippen molar-refractivity contribution in [3.05, 3.63) is 102 Å². The number of amides is 3. The van der Waals surface area contributed by atoms with E-state index in [0.717, 1.165) is 38.6 Å². The molecule has 0 bridgehead atoms. The van der Waals surface area contributed by atoms with Crippen LogP contribution in [0.2, 0.25) is 0 Å². The van der Waals surface area contributed by atoms with Crippen molar-refractivity contribution in [1.82, 2.24) is 19.7 Å². The van der Waals surface area contributed by atoms with Gasteiger partial charge in [-0.25, -0.2) is 0 Å². The number of H-pyrrole nitrogens is 1. The summed E-state index contributed by atoms with van der Waals surface area (Å²) in [4.78, 5) is 47.2. The predicted octanol–water partition coefficient (Wildman–Crippen LogP) is 6.27. The molecule has 4 N–H and O–H groups in total. The molecule has 0 atom stereocenters. The largest absolute Gasteiger partial charge is 0.361 e. The predicted molar refractivity (Wildman–Crippen MR) is 171 cm³/mol. The molecule has 212 valence electrons. The zero-order valence-corrected chi connectivity index (χ0v) is 24.9. The van der Waals surface area contributed by atoms with Crippen molar-refractivity contribution < 1.29 is 14.4 Å². The van der Waals surface area contributed by atoms with Crippen molar-refractivity contribution in [1.29, 1.82) is 0 Å². The number of nitrogens with zero attached hydrogens (tertiary/aromatic N) is 2. The number of rotatable bonds is 11. The number of carbonyl (C=O) groups excluding carboxylic acids is 3. The first kappa shape index (κ1) is 29.1. The van der Waals surface area contributed by atoms with Crippen LogP contribution >= 0.6 is 35.1 Å². The zero-order valence-electron chi connectivity index (χ0n) is 22.4. The van der Waals surface area contributed by atoms with Crippen LogP contribution in [0.1, 0.15) is 22.8 Å². The molecule has 2 aromatic heterocycles. The topological polar surface area (TPSA) is 129 Å². The Kier molecular flexibility index (Phi) is 9.70. The van der Waals surface area contributed by atoms with E-state index >= 15 is 0 Å². The van der Waals surface area contributed by atoms with E-state index in [9.17, 15) is 14.4 Å². The van der Waals surface area contributed by atoms with Crippen LogP contribution in [-0.4, -0.2) is 43.6 Å². The summed E-state index contributed by atoms with van der Waals surface area (Å²) in [5.74, 6) is -0.0748. The summed E-state index contributed by atoms with van der Waals surface area (Å²) in [6.07, 6.45) is 3.44. The maximum atomic E-state index is 13.5. The quantitative estimate of drug-likeness (QED) is 0.102. The van der Waals surface area contributed by atoms with Gasteiger partial charge in [-0.05, 0) is 48.2 Å². The number of aromatic nitrogens is 3. The lowest BCUT2D eigenvalue weighted by atomic mass is 10.1. The second kappa shape index (κ2) is 14.0. The molecule has 3 amide bonds. The normalized spacial score (nSPS) is 11.3. The third-order valence-electron chi connectivity index (χ3n) is 5.84. The van der Waals surface area contributed by atoms with Crippen LogP contribution in [0.4, 0.5) is 10.8 Å². The lowest BCUT2D eigenvalue weighted by Gasteiger charge is -2.12. The molecule has 5 rings (SSSR count). The average Bonchev–Trinajstić information content (AvgIpc) is 3.63. The molecular weight excluding hydrogens is 589 g/mol. The first-order valence-electron chi connectivity index (χ1n) is 12.9. The molecule has 5 aromatic rings. The number of benzene rings is 3. The smallest absolute Gasteiger partial charge is 0.272 e. The maximum absolute atomic E-state index is 13.5. The van der Waals surface area contributed by atoms with Gasteiger partial charge in [-0.2, -0.15) is 9.36 Å². The molecule has 0 spiro atoms. The monoisotopic (exact) mass is 614 g/mol. The van der Waals surface area contributed by atoms with Gasteiger partial charge in [-0.1, -0.05) is 61.2 Å². The van der Waals surface area contributed by atoms with Gasteiger partial charge in [0.25, 0.3) is 11.8 Å². The summed E-state index contributed by atoms with van der Waals surface area (Å²) >= 11 is 3.99. The van der Waals surface area contributed by atoms with Gasteiger partial charge in [0.1, 0.15) is 5.70 Å². The van der Waals surface area contributed by atoms with Crippen molar-refractivity contribution in [2.75, 3.05) is 22.1 Å². The van der Waals surface area contributed by atoms with Crippen molar-refractivity contribution >= 4 is 80.6 Å². The van der Waals surface area contributed by atoms with Gasteiger partial charge < -0.3 is 15.6 Å². The van der Waals surface area contributed by atoms with Crippen LogP contribution in [0.15, 0.2) is 101 Å². The van der Waals surface area contributed by atoms with Gasteiger partial charge in [-0.15, -0.1) is 11.8 Å². The Morgan fingerprint density at radius 2 is 1.76 bits per heavy atom. The van der Waals surface area contributed by atoms with Crippen molar-refractivity contribution in [2.45, 2.75) is 17.0 Å². The van der Waals surface area contributed by atoms with Gasteiger partial charge in [0, 0.05) is 50.3 Å². The Hall–Kier alpha value is -4.39. The zero-order chi connectivity index (χ0) is 29.3. The number of hydrogen-bond acceptors (Lipinski definition) is 8. The van der Waals surface area contributed by atoms with Crippen LogP contribution in [0.5, 0.6) is 0 Å². The standard InChI is InChI=1S/C30H26N6O3S3/c1-2-40-30-35-29(42-36-30)34-26(37)18-41-22-12-8-11-21(16-22)32-28(39)25(33-27(38)19-9-4-3-5-10-19)15-20-17-31-24-14-7-6-13-23(20)24/h3-17,31H,2,18H2,1H3,(H,32,39)(H,33,38)(H,34,35,36,37)/b25-15-. The number of aromatic amines is 1. The Labute approximate surface area is 254 Å². The van der Waals surface area contributed by atoms with Crippen LogP contribution in [0, 0.1) is 0 Å². The molecule has 0 saturated carbocycles. The van der Waals surface area contributed by atoms with Crippen LogP contribution in [0.25, 0.3) is 17.0 Å². The molecular formula is C30H26N6O3S3. The highest BCUT2D eigenvalue weighted by atomic mass is 32.2. The van der Waals surface area contributed by atoms with E-state index in [-0.39, 0.29) is 17.4 Å². The fraction of sp³-hybridized carbons (Fsp3) is 0.100. The van der Waals surface area contributed by atoms with Crippen molar-refractivity contribution in [2.24, 2.45) is 0 Å². The summed E-state index contributed by atoms with van der Waals surface area (Å²) in [6, 6.07) is 23.6. The van der Waals surface area contributed by atoms with E-state index < -0.39 is 11.8 Å². The van der Waals surface area contributed by atoms with Crippen LogP contribution in [0.3, 0.4) is 0 Å². The fourth-order valence-corrected chi connectivity index (χ4v) is 5.97. The van der Waals surface area contributed by atoms with E-state index in [1.807, 2.05) is 43.3 Å². The third-order valence-corrected chi connectivity index (χ3v) is 8.31. The number of hydrogen-bond donors (Lipinski definition) is 4. The Balaban J connectivity index is 1.28. The maximum Gasteiger partial charge on any atom is 0.272 e. The number of thioether (sulfide) groups is 2. The molecule has 0 radical (unpaired) electrons. The summed E-state index contributed by atoms with van der Waals surface area (Å²) in [5.41, 5.74) is 2.72. The van der Waals surface area contributed by atoms with Gasteiger partial charge >= 0.3 is 0 Å². The molecule has 0 unspecified atom stereocenters. The first-order chi connectivity index (χ1) is 20.5. The van der Waals surface area contributed by atoms with E-state index in [4.69, 9.17) is 0 Å². The number of nitrogens with one attached hydrogen (secondary N) is 4. The minimum absolute atomic E-state index is 0.0868. The highest BCUT2D eigenvalue weighted by molar-refractivity contribution is 8.00. The Morgan fingerprint density at radius 3 is 2.60 bits per heavy atom. The highest BCUT2D eigenvalue weighted by Crippen LogP contribution is 2.25. The highest BCUT2D eigenvalue weighted by Gasteiger charge is 2.17. The van der Waals surface area contributed by atoms with Gasteiger partial charge in [0.05, 0.1) is 5.75 Å². The van der Waals surface area contributed by atoms with Crippen molar-refractivity contribution in [3.8, 4) is 0 Å². The molecule has 9 nitrogen and oxygen atoms in total. The van der Waals surface area contributed by atoms with Gasteiger partial charge in [-0.3, -0.25) is 19.7 Å². The summed E-state index contributed by atoms with van der Waals surface area (Å²) in [7, 11) is 0. The molecule has 12 heteroatoms. The minimum atomic E-state index is -0.485. The molecule has 0 fully saturated rings. The van der Waals surface area contributed by atoms with E-state index in [1.165, 1.54) is 23.5 Å². The summed E-state index contributed by atoms with van der Waals surface area (Å²) in [6.45, 7) is 2.01. The van der Waals surface area contributed by atoms with Crippen LogP contribution in [-0.2, 0) is 9.59 Å². The second-order valence-electron chi connectivity index (χ2n) is 8.80. The average molecular weight is 615 g/mol. The number of anilines is 2. The van der Waals surface area contributed by atoms with Gasteiger partial charge in [0.2, 0.25) is 16.2 Å². The summed E-state index contributed by atoms with van der Waals surface area (Å²) < 4.78 is 4.20. The van der Waals surface area contributed by atoms with Gasteiger partial charge in [0.15, 0.2) is 0 Å². The molecule has 0 saturated heterocycles. The lowest BCUT2D eigenvalue weighted by molar-refractivity contribution is -0.114. The Morgan fingerprint density at radius 1 is 0.952 bits per heavy atom. The first-order valence-corrected chi connectivity index (χ1v) is 15.7. The molecule has 3 aromatic carbocycles. The molecule has 0 aliphatic heterocycles. The second-order valence-corrected chi connectivity index (χ2v) is 11.8. The molecule has 42 heavy (non-hydrogen) atoms. The molecule has 0 aliphatic carbocycles. The van der Waals surface area contributed by atoms with E-state index in [2.05, 4.69) is 30.3 Å². The van der Waals surface area contributed by atoms with Crippen molar-refractivity contribution in [3.63, 3.8) is 0 Å². The molecule has 2 heterocycles.